The molecule has 1 aromatic heterocycles. The van der Waals surface area contributed by atoms with Gasteiger partial charge in [0.25, 0.3) is 0 Å². The number of nitrogen functional groups attached to an aromatic ring is 1. The van der Waals surface area contributed by atoms with Gasteiger partial charge >= 0.3 is 0 Å². The summed E-state index contributed by atoms with van der Waals surface area (Å²) in [6, 6.07) is 9.43. The number of rotatable bonds is 3. The molecule has 1 saturated heterocycles. The summed E-state index contributed by atoms with van der Waals surface area (Å²) in [5.41, 5.74) is 12.1. The molecule has 0 unspecified atom stereocenters. The zero-order chi connectivity index (χ0) is 17.6. The van der Waals surface area contributed by atoms with Crippen LogP contribution in [0.2, 0.25) is 0 Å². The summed E-state index contributed by atoms with van der Waals surface area (Å²) in [4.78, 5) is 4.40. The summed E-state index contributed by atoms with van der Waals surface area (Å²) in [6.07, 6.45) is 3.29. The van der Waals surface area contributed by atoms with Gasteiger partial charge in [0.1, 0.15) is 5.71 Å². The summed E-state index contributed by atoms with van der Waals surface area (Å²) in [7, 11) is 2.11. The van der Waals surface area contributed by atoms with E-state index in [9.17, 15) is 0 Å². The zero-order valence-corrected chi connectivity index (χ0v) is 14.9. The summed E-state index contributed by atoms with van der Waals surface area (Å²) in [6.45, 7) is 3.74. The molecule has 0 radical (unpaired) electrons. The Bertz CT molecular complexity index is 755. The van der Waals surface area contributed by atoms with Crippen LogP contribution in [0.25, 0.3) is 0 Å². The third-order valence-corrected chi connectivity index (χ3v) is 4.48. The summed E-state index contributed by atoms with van der Waals surface area (Å²) in [5.74, 6) is 0. The summed E-state index contributed by atoms with van der Waals surface area (Å²) in [5, 5.41) is 12.9. The van der Waals surface area contributed by atoms with Crippen LogP contribution in [0.15, 0.2) is 47.8 Å². The Hall–Kier alpha value is -2.58. The van der Waals surface area contributed by atoms with Gasteiger partial charge in [-0.3, -0.25) is 5.43 Å². The van der Waals surface area contributed by atoms with Gasteiger partial charge in [0.2, 0.25) is 0 Å². The maximum Gasteiger partial charge on any atom is 0.189 e. The Balaban J connectivity index is 1.83. The summed E-state index contributed by atoms with van der Waals surface area (Å²) >= 11 is 5.49. The molecule has 1 aliphatic heterocycles. The first-order valence-electron chi connectivity index (χ1n) is 8.08. The van der Waals surface area contributed by atoms with Crippen LogP contribution in [0.1, 0.15) is 11.1 Å². The molecule has 1 aliphatic rings. The van der Waals surface area contributed by atoms with Gasteiger partial charge in [-0.25, -0.2) is 0 Å². The average molecular weight is 355 g/mol. The molecule has 0 spiro atoms. The number of para-hydroxylation sites is 1. The smallest absolute Gasteiger partial charge is 0.189 e. The second kappa shape index (κ2) is 8.00. The highest BCUT2D eigenvalue weighted by molar-refractivity contribution is 7.80. The minimum absolute atomic E-state index is 0.613. The zero-order valence-electron chi connectivity index (χ0n) is 14.1. The molecular weight excluding hydrogens is 334 g/mol. The standard InChI is InChI=1S/C17H21N7S/c1-23-8-10-24(11-9-23)17(25)22-21-16(13-6-7-19-20-12-13)14-4-2-3-5-15(14)18/h2-7,12H,8-11,18H2,1H3,(H,22,25). The number of hydrogen-bond donors (Lipinski definition) is 2. The van der Waals surface area contributed by atoms with E-state index in [1.807, 2.05) is 30.3 Å². The lowest BCUT2D eigenvalue weighted by atomic mass is 10.0. The van der Waals surface area contributed by atoms with Crippen molar-refractivity contribution in [3.63, 3.8) is 0 Å². The Labute approximate surface area is 152 Å². The van der Waals surface area contributed by atoms with E-state index >= 15 is 0 Å². The van der Waals surface area contributed by atoms with Crippen molar-refractivity contribution in [1.29, 1.82) is 0 Å². The van der Waals surface area contributed by atoms with Crippen LogP contribution in [0.5, 0.6) is 0 Å². The molecule has 3 N–H and O–H groups in total. The first kappa shape index (κ1) is 17.2. The van der Waals surface area contributed by atoms with E-state index in [1.54, 1.807) is 12.4 Å². The highest BCUT2D eigenvalue weighted by atomic mass is 32.1. The Morgan fingerprint density at radius 3 is 2.60 bits per heavy atom. The highest BCUT2D eigenvalue weighted by Crippen LogP contribution is 2.16. The molecule has 0 bridgehead atoms. The molecule has 1 fully saturated rings. The number of benzene rings is 1. The molecule has 3 rings (SSSR count). The van der Waals surface area contributed by atoms with Crippen LogP contribution < -0.4 is 11.2 Å². The quantitative estimate of drug-likeness (QED) is 0.367. The first-order chi connectivity index (χ1) is 12.1. The minimum Gasteiger partial charge on any atom is -0.398 e. The Kier molecular flexibility index (Phi) is 5.52. The fourth-order valence-corrected chi connectivity index (χ4v) is 2.84. The topological polar surface area (TPSA) is 82.7 Å². The van der Waals surface area contributed by atoms with Gasteiger partial charge in [-0.15, -0.1) is 0 Å². The molecule has 0 atom stereocenters. The largest absolute Gasteiger partial charge is 0.398 e. The summed E-state index contributed by atoms with van der Waals surface area (Å²) < 4.78 is 0. The number of nitrogens with zero attached hydrogens (tertiary/aromatic N) is 5. The third-order valence-electron chi connectivity index (χ3n) is 4.13. The number of likely N-dealkylation sites (N-methyl/N-ethyl adjacent to an activating group) is 1. The Morgan fingerprint density at radius 2 is 1.92 bits per heavy atom. The molecule has 130 valence electrons. The SMILES string of the molecule is CN1CCN(C(=S)NN=C(c2ccnnc2)c2ccccc2N)CC1. The molecule has 2 heterocycles. The van der Waals surface area contributed by atoms with Gasteiger partial charge in [0, 0.05) is 43.0 Å². The number of aromatic nitrogens is 2. The van der Waals surface area contributed by atoms with Crippen molar-refractivity contribution in [2.24, 2.45) is 5.10 Å². The van der Waals surface area contributed by atoms with Crippen LogP contribution in [0, 0.1) is 0 Å². The lowest BCUT2D eigenvalue weighted by molar-refractivity contribution is 0.214. The highest BCUT2D eigenvalue weighted by Gasteiger charge is 2.17. The lowest BCUT2D eigenvalue weighted by Crippen LogP contribution is -2.49. The van der Waals surface area contributed by atoms with Crippen molar-refractivity contribution < 1.29 is 0 Å². The van der Waals surface area contributed by atoms with Crippen molar-refractivity contribution in [3.8, 4) is 0 Å². The lowest BCUT2D eigenvalue weighted by Gasteiger charge is -2.33. The fraction of sp³-hybridized carbons (Fsp3) is 0.294. The van der Waals surface area contributed by atoms with Crippen molar-refractivity contribution in [1.82, 2.24) is 25.4 Å². The number of thiocarbonyl (C=S) groups is 1. The second-order valence-corrected chi connectivity index (χ2v) is 6.27. The van der Waals surface area contributed by atoms with E-state index in [0.29, 0.717) is 16.5 Å². The van der Waals surface area contributed by atoms with Crippen molar-refractivity contribution in [2.45, 2.75) is 0 Å². The van der Waals surface area contributed by atoms with Crippen LogP contribution in [0.4, 0.5) is 5.69 Å². The minimum atomic E-state index is 0.613. The average Bonchev–Trinajstić information content (AvgIpc) is 2.64. The van der Waals surface area contributed by atoms with Crippen LogP contribution >= 0.6 is 12.2 Å². The normalized spacial score (nSPS) is 15.9. The van der Waals surface area contributed by atoms with E-state index in [-0.39, 0.29) is 0 Å². The van der Waals surface area contributed by atoms with Gasteiger partial charge in [-0.1, -0.05) is 18.2 Å². The maximum absolute atomic E-state index is 6.13. The number of hydrazone groups is 1. The predicted octanol–water partition coefficient (Wildman–Crippen LogP) is 0.933. The molecular formula is C17H21N7S. The van der Waals surface area contributed by atoms with Gasteiger partial charge in [-0.2, -0.15) is 15.3 Å². The molecule has 1 aromatic carbocycles. The molecule has 0 aliphatic carbocycles. The Morgan fingerprint density at radius 1 is 1.16 bits per heavy atom. The first-order valence-corrected chi connectivity index (χ1v) is 8.49. The molecule has 7 nitrogen and oxygen atoms in total. The second-order valence-electron chi connectivity index (χ2n) is 5.89. The molecule has 0 saturated carbocycles. The van der Waals surface area contributed by atoms with E-state index in [4.69, 9.17) is 18.0 Å². The van der Waals surface area contributed by atoms with E-state index in [0.717, 1.165) is 37.3 Å². The monoisotopic (exact) mass is 355 g/mol. The number of piperazine rings is 1. The van der Waals surface area contributed by atoms with Gasteiger partial charge < -0.3 is 15.5 Å². The van der Waals surface area contributed by atoms with Gasteiger partial charge in [0.15, 0.2) is 5.11 Å². The van der Waals surface area contributed by atoms with Gasteiger partial charge in [-0.05, 0) is 31.4 Å². The van der Waals surface area contributed by atoms with Crippen molar-refractivity contribution >= 4 is 28.7 Å². The molecule has 25 heavy (non-hydrogen) atoms. The van der Waals surface area contributed by atoms with Crippen LogP contribution in [-0.4, -0.2) is 64.0 Å². The number of anilines is 1. The van der Waals surface area contributed by atoms with Crippen LogP contribution in [-0.2, 0) is 0 Å². The maximum atomic E-state index is 6.13. The molecule has 8 heteroatoms. The third kappa shape index (κ3) is 4.28. The van der Waals surface area contributed by atoms with E-state index < -0.39 is 0 Å². The number of hydrogen-bond acceptors (Lipinski definition) is 6. The van der Waals surface area contributed by atoms with Crippen molar-refractivity contribution in [3.05, 3.63) is 53.9 Å². The van der Waals surface area contributed by atoms with E-state index in [2.05, 4.69) is 37.6 Å². The number of nitrogens with two attached hydrogens (primary N) is 1. The predicted molar refractivity (Wildman–Crippen MR) is 103 cm³/mol. The van der Waals surface area contributed by atoms with Gasteiger partial charge in [0.05, 0.1) is 12.4 Å². The van der Waals surface area contributed by atoms with E-state index in [1.165, 1.54) is 0 Å². The molecule has 0 amide bonds. The fourth-order valence-electron chi connectivity index (χ4n) is 2.61. The van der Waals surface area contributed by atoms with Crippen LogP contribution in [0.3, 0.4) is 0 Å². The molecule has 2 aromatic rings. The van der Waals surface area contributed by atoms with Crippen molar-refractivity contribution in [2.75, 3.05) is 39.0 Å². The number of nitrogens with one attached hydrogen (secondary N) is 1.